The normalized spacial score (nSPS) is 11.7. The number of aromatic nitrogens is 1. The Bertz CT molecular complexity index is 1070. The van der Waals surface area contributed by atoms with Gasteiger partial charge in [0.15, 0.2) is 4.80 Å². The molecule has 0 spiro atoms. The van der Waals surface area contributed by atoms with E-state index < -0.39 is 0 Å². The average molecular weight is 401 g/mol. The molecule has 0 aliphatic carbocycles. The average Bonchev–Trinajstić information content (AvgIpc) is 3.03. The van der Waals surface area contributed by atoms with Gasteiger partial charge in [0.1, 0.15) is 6.54 Å². The van der Waals surface area contributed by atoms with Crippen molar-refractivity contribution in [2.24, 2.45) is 4.99 Å². The second-order valence-corrected chi connectivity index (χ2v) is 7.74. The van der Waals surface area contributed by atoms with Gasteiger partial charge in [-0.25, -0.2) is 0 Å². The van der Waals surface area contributed by atoms with Crippen molar-refractivity contribution in [3.8, 4) is 0 Å². The molecule has 1 aromatic heterocycles. The van der Waals surface area contributed by atoms with E-state index in [2.05, 4.69) is 18.0 Å². The lowest BCUT2D eigenvalue weighted by Gasteiger charge is -2.04. The van der Waals surface area contributed by atoms with Gasteiger partial charge in [0.05, 0.1) is 17.3 Å². The van der Waals surface area contributed by atoms with Crippen LogP contribution in [0.25, 0.3) is 10.2 Å². The van der Waals surface area contributed by atoms with Crippen LogP contribution in [-0.2, 0) is 22.5 Å². The first-order chi connectivity index (χ1) is 13.0. The fraction of sp³-hybridized carbons (Fsp3) is 0.250. The number of fused-ring (bicyclic) bond motifs is 1. The predicted molar refractivity (Wildman–Crippen MR) is 109 cm³/mol. The third-order valence-corrected chi connectivity index (χ3v) is 5.95. The minimum absolute atomic E-state index is 0.0128. The molecular weight excluding hydrogens is 380 g/mol. The third kappa shape index (κ3) is 4.31. The third-order valence-electron chi connectivity index (χ3n) is 4.18. The van der Waals surface area contributed by atoms with Gasteiger partial charge >= 0.3 is 5.97 Å². The number of rotatable bonds is 5. The molecule has 140 valence electrons. The molecule has 0 fully saturated rings. The number of nitrogens with zero attached hydrogens (tertiary/aromatic N) is 2. The molecule has 5 nitrogen and oxygen atoms in total. The highest BCUT2D eigenvalue weighted by Crippen LogP contribution is 2.20. The predicted octanol–water partition coefficient (Wildman–Crippen LogP) is 3.90. The van der Waals surface area contributed by atoms with Crippen molar-refractivity contribution >= 4 is 45.2 Å². The lowest BCUT2D eigenvalue weighted by atomic mass is 10.2. The molecule has 3 rings (SSSR count). The van der Waals surface area contributed by atoms with Crippen molar-refractivity contribution in [2.75, 3.05) is 13.4 Å². The number of carbonyl (C=O) groups excluding carboxylic acids is 2. The molecule has 0 bridgehead atoms. The number of benzene rings is 2. The Hall–Kier alpha value is -2.38. The highest BCUT2D eigenvalue weighted by Gasteiger charge is 2.13. The van der Waals surface area contributed by atoms with E-state index in [0.717, 1.165) is 21.5 Å². The van der Waals surface area contributed by atoms with Gasteiger partial charge in [-0.15, -0.1) is 11.8 Å². The van der Waals surface area contributed by atoms with Gasteiger partial charge in [-0.3, -0.25) is 9.59 Å². The van der Waals surface area contributed by atoms with E-state index in [1.165, 1.54) is 24.0 Å². The number of hydrogen-bond acceptors (Lipinski definition) is 5. The molecule has 0 unspecified atom stereocenters. The van der Waals surface area contributed by atoms with Crippen LogP contribution in [0.5, 0.6) is 0 Å². The molecule has 1 amide bonds. The lowest BCUT2D eigenvalue weighted by molar-refractivity contribution is -0.141. The summed E-state index contributed by atoms with van der Waals surface area (Å²) in [5, 5.41) is 0. The van der Waals surface area contributed by atoms with E-state index in [4.69, 9.17) is 4.74 Å². The van der Waals surface area contributed by atoms with Crippen LogP contribution in [0.1, 0.15) is 22.8 Å². The minimum atomic E-state index is -0.382. The summed E-state index contributed by atoms with van der Waals surface area (Å²) in [5.74, 6) is -0.709. The monoisotopic (exact) mass is 400 g/mol. The molecule has 2 aromatic carbocycles. The van der Waals surface area contributed by atoms with Crippen LogP contribution in [0.3, 0.4) is 0 Å². The number of hydrogen-bond donors (Lipinski definition) is 0. The van der Waals surface area contributed by atoms with Gasteiger partial charge in [-0.2, -0.15) is 4.99 Å². The van der Waals surface area contributed by atoms with E-state index in [0.29, 0.717) is 10.4 Å². The van der Waals surface area contributed by atoms with Crippen LogP contribution in [0, 0.1) is 0 Å². The molecule has 0 saturated heterocycles. The number of thiazole rings is 1. The van der Waals surface area contributed by atoms with Gasteiger partial charge in [0.2, 0.25) is 0 Å². The van der Waals surface area contributed by atoms with E-state index in [1.807, 2.05) is 36.6 Å². The molecular formula is C20H20N2O3S2. The van der Waals surface area contributed by atoms with E-state index >= 15 is 0 Å². The number of thioether (sulfide) groups is 1. The highest BCUT2D eigenvalue weighted by molar-refractivity contribution is 7.98. The summed E-state index contributed by atoms with van der Waals surface area (Å²) in [6.07, 6.45) is 2.88. The van der Waals surface area contributed by atoms with E-state index in [1.54, 1.807) is 22.4 Å². The molecule has 1 heterocycles. The molecule has 7 heteroatoms. The molecule has 0 aliphatic heterocycles. The summed E-state index contributed by atoms with van der Waals surface area (Å²) in [6.45, 7) is 2.10. The van der Waals surface area contributed by atoms with Crippen molar-refractivity contribution in [2.45, 2.75) is 24.8 Å². The topological polar surface area (TPSA) is 60.7 Å². The first-order valence-electron chi connectivity index (χ1n) is 8.48. The standard InChI is InChI=1S/C20H20N2O3S2/c1-4-13-8-9-16-17(10-13)27-20(22(16)12-18(23)25-2)21-19(24)14-6-5-7-15(11-14)26-3/h5-11H,4,12H2,1-3H3. The number of amides is 1. The summed E-state index contributed by atoms with van der Waals surface area (Å²) in [5.41, 5.74) is 2.59. The molecule has 0 saturated carbocycles. The largest absolute Gasteiger partial charge is 0.468 e. The Balaban J connectivity index is 2.12. The van der Waals surface area contributed by atoms with Gasteiger partial charge < -0.3 is 9.30 Å². The fourth-order valence-corrected chi connectivity index (χ4v) is 4.23. The quantitative estimate of drug-likeness (QED) is 0.481. The Morgan fingerprint density at radius 2 is 2.04 bits per heavy atom. The maximum atomic E-state index is 12.7. The zero-order valence-corrected chi connectivity index (χ0v) is 17.0. The maximum absolute atomic E-state index is 12.7. The van der Waals surface area contributed by atoms with Crippen molar-refractivity contribution in [3.05, 3.63) is 58.4 Å². The van der Waals surface area contributed by atoms with Gasteiger partial charge in [-0.1, -0.05) is 30.4 Å². The molecule has 3 aromatic rings. The Kier molecular flexibility index (Phi) is 6.13. The number of ether oxygens (including phenoxy) is 1. The van der Waals surface area contributed by atoms with Gasteiger partial charge in [0, 0.05) is 10.5 Å². The summed E-state index contributed by atoms with van der Waals surface area (Å²) < 4.78 is 7.53. The van der Waals surface area contributed by atoms with E-state index in [-0.39, 0.29) is 18.4 Å². The smallest absolute Gasteiger partial charge is 0.325 e. The van der Waals surface area contributed by atoms with Crippen molar-refractivity contribution in [3.63, 3.8) is 0 Å². The highest BCUT2D eigenvalue weighted by atomic mass is 32.2. The SMILES string of the molecule is CCc1ccc2c(c1)sc(=NC(=O)c1cccc(SC)c1)n2CC(=O)OC. The molecule has 0 aliphatic rings. The zero-order valence-electron chi connectivity index (χ0n) is 15.4. The first-order valence-corrected chi connectivity index (χ1v) is 10.5. The second-order valence-electron chi connectivity index (χ2n) is 5.85. The minimum Gasteiger partial charge on any atom is -0.468 e. The van der Waals surface area contributed by atoms with Crippen LogP contribution in [0.4, 0.5) is 0 Å². The first kappa shape index (κ1) is 19.4. The summed E-state index contributed by atoms with van der Waals surface area (Å²) in [4.78, 5) is 30.4. The summed E-state index contributed by atoms with van der Waals surface area (Å²) >= 11 is 2.97. The Morgan fingerprint density at radius 1 is 1.22 bits per heavy atom. The van der Waals surface area contributed by atoms with Crippen LogP contribution in [-0.4, -0.2) is 29.8 Å². The molecule has 0 N–H and O–H groups in total. The second kappa shape index (κ2) is 8.54. The zero-order chi connectivity index (χ0) is 19.4. The Labute approximate surface area is 165 Å². The van der Waals surface area contributed by atoms with Gasteiger partial charge in [0.25, 0.3) is 5.91 Å². The summed E-state index contributed by atoms with van der Waals surface area (Å²) in [6, 6.07) is 13.4. The van der Waals surface area contributed by atoms with Gasteiger partial charge in [-0.05, 0) is 48.6 Å². The summed E-state index contributed by atoms with van der Waals surface area (Å²) in [7, 11) is 1.35. The molecule has 0 atom stereocenters. The van der Waals surface area contributed by atoms with Crippen LogP contribution < -0.4 is 4.80 Å². The number of esters is 1. The Morgan fingerprint density at radius 3 is 2.74 bits per heavy atom. The van der Waals surface area contributed by atoms with E-state index in [9.17, 15) is 9.59 Å². The molecule has 0 radical (unpaired) electrons. The van der Waals surface area contributed by atoms with Crippen LogP contribution >= 0.6 is 23.1 Å². The van der Waals surface area contributed by atoms with Crippen LogP contribution in [0.2, 0.25) is 0 Å². The number of carbonyl (C=O) groups is 2. The molecule has 27 heavy (non-hydrogen) atoms. The number of aryl methyl sites for hydroxylation is 1. The van der Waals surface area contributed by atoms with Crippen molar-refractivity contribution in [1.29, 1.82) is 0 Å². The number of methoxy groups -OCH3 is 1. The lowest BCUT2D eigenvalue weighted by Crippen LogP contribution is -2.22. The van der Waals surface area contributed by atoms with Crippen molar-refractivity contribution in [1.82, 2.24) is 4.57 Å². The van der Waals surface area contributed by atoms with Crippen LogP contribution in [0.15, 0.2) is 52.4 Å². The maximum Gasteiger partial charge on any atom is 0.325 e. The van der Waals surface area contributed by atoms with Crippen molar-refractivity contribution < 1.29 is 14.3 Å². The fourth-order valence-electron chi connectivity index (χ4n) is 2.68.